The van der Waals surface area contributed by atoms with E-state index in [4.69, 9.17) is 20.9 Å². The summed E-state index contributed by atoms with van der Waals surface area (Å²) in [7, 11) is 0. The number of benzene rings is 3. The van der Waals surface area contributed by atoms with Crippen LogP contribution in [0.2, 0.25) is 0 Å². The van der Waals surface area contributed by atoms with E-state index in [-0.39, 0.29) is 10.8 Å². The summed E-state index contributed by atoms with van der Waals surface area (Å²) in [6.45, 7) is 18.1. The molecule has 0 saturated heterocycles. The van der Waals surface area contributed by atoms with Crippen LogP contribution >= 0.6 is 0 Å². The smallest absolute Gasteiger partial charge is 0.129 e. The van der Waals surface area contributed by atoms with E-state index < -0.39 is 0 Å². The van der Waals surface area contributed by atoms with Crippen LogP contribution in [-0.2, 0) is 12.8 Å². The largest absolute Gasteiger partial charge is 0.457 e. The summed E-state index contributed by atoms with van der Waals surface area (Å²) in [5, 5.41) is 0. The normalized spacial score (nSPS) is 21.1. The highest BCUT2D eigenvalue weighted by atomic mass is 16.5. The van der Waals surface area contributed by atoms with Gasteiger partial charge in [0.05, 0.1) is 0 Å². The van der Waals surface area contributed by atoms with Gasteiger partial charge in [0.2, 0.25) is 0 Å². The van der Waals surface area contributed by atoms with Crippen LogP contribution in [0.4, 0.5) is 11.4 Å². The van der Waals surface area contributed by atoms with Crippen molar-refractivity contribution in [3.63, 3.8) is 0 Å². The van der Waals surface area contributed by atoms with Gasteiger partial charge in [-0.15, -0.1) is 0 Å². The Morgan fingerprint density at radius 1 is 0.523 bits per heavy atom. The lowest BCUT2D eigenvalue weighted by atomic mass is 9.66. The molecule has 0 aromatic heterocycles. The van der Waals surface area contributed by atoms with Crippen LogP contribution in [0.25, 0.3) is 0 Å². The number of hydrogen-bond donors (Lipinski definition) is 2. The van der Waals surface area contributed by atoms with Crippen molar-refractivity contribution in [3.8, 4) is 11.5 Å². The Morgan fingerprint density at radius 3 is 1.16 bits per heavy atom. The van der Waals surface area contributed by atoms with E-state index in [1.807, 2.05) is 48.5 Å². The maximum atomic E-state index is 6.36. The predicted molar refractivity (Wildman–Crippen MR) is 184 cm³/mol. The molecule has 0 heterocycles. The third kappa shape index (κ3) is 6.36. The van der Waals surface area contributed by atoms with Crippen molar-refractivity contribution >= 4 is 11.4 Å². The molecule has 4 heteroatoms. The van der Waals surface area contributed by atoms with Gasteiger partial charge in [0, 0.05) is 11.4 Å². The van der Waals surface area contributed by atoms with Crippen LogP contribution < -0.4 is 20.9 Å². The van der Waals surface area contributed by atoms with E-state index in [1.165, 1.54) is 33.4 Å². The fraction of sp³-hybridized carbons (Fsp3) is 0.350. The zero-order chi connectivity index (χ0) is 31.8. The predicted octanol–water partition coefficient (Wildman–Crippen LogP) is 9.85. The molecular weight excluding hydrogens is 540 g/mol. The molecule has 0 saturated carbocycles. The number of anilines is 2. The summed E-state index contributed by atoms with van der Waals surface area (Å²) in [6.07, 6.45) is 6.76. The molecule has 4 N–H and O–H groups in total. The molecule has 4 nitrogen and oxygen atoms in total. The molecule has 0 fully saturated rings. The van der Waals surface area contributed by atoms with Crippen molar-refractivity contribution in [1.29, 1.82) is 0 Å². The average molecular weight is 589 g/mol. The van der Waals surface area contributed by atoms with E-state index in [0.717, 1.165) is 47.2 Å². The Morgan fingerprint density at radius 2 is 0.841 bits per heavy atom. The topological polar surface area (TPSA) is 70.5 Å². The van der Waals surface area contributed by atoms with E-state index in [9.17, 15) is 0 Å². The van der Waals surface area contributed by atoms with Gasteiger partial charge in [-0.1, -0.05) is 64.1 Å². The highest BCUT2D eigenvalue weighted by Crippen LogP contribution is 2.47. The van der Waals surface area contributed by atoms with Crippen LogP contribution in [0.5, 0.6) is 11.5 Å². The van der Waals surface area contributed by atoms with Crippen molar-refractivity contribution in [2.45, 2.75) is 68.2 Å². The molecule has 0 radical (unpaired) electrons. The van der Waals surface area contributed by atoms with E-state index in [1.54, 1.807) is 0 Å². The van der Waals surface area contributed by atoms with Crippen molar-refractivity contribution in [1.82, 2.24) is 0 Å². The molecule has 230 valence electrons. The van der Waals surface area contributed by atoms with Crippen molar-refractivity contribution in [2.75, 3.05) is 11.5 Å². The van der Waals surface area contributed by atoms with Gasteiger partial charge < -0.3 is 20.9 Å². The molecule has 2 atom stereocenters. The molecule has 2 aliphatic rings. The Kier molecular flexibility index (Phi) is 8.57. The first-order chi connectivity index (χ1) is 20.8. The Hall–Kier alpha value is -4.18. The van der Waals surface area contributed by atoms with Crippen LogP contribution in [0, 0.1) is 22.7 Å². The fourth-order valence-corrected chi connectivity index (χ4v) is 6.47. The Labute approximate surface area is 264 Å². The molecule has 0 amide bonds. The van der Waals surface area contributed by atoms with Crippen LogP contribution in [-0.4, -0.2) is 0 Å². The van der Waals surface area contributed by atoms with Gasteiger partial charge in [0.15, 0.2) is 0 Å². The van der Waals surface area contributed by atoms with Gasteiger partial charge >= 0.3 is 0 Å². The number of nitrogens with two attached hydrogens (primary N) is 2. The standard InChI is InChI=1S/C40H48N2O2/c1-25-21-31(39(5,6)27(3)37(25)43-35-17-13-33(41)14-18-35)23-29-9-11-30(12-10-29)24-32-22-26(2)38(28(4)40(32,7)8)44-36-19-15-34(42)16-20-36/h9-22,31-32H,23-24,41-42H2,1-8H3. The molecular formula is C40H48N2O2. The van der Waals surface area contributed by atoms with Gasteiger partial charge in [-0.25, -0.2) is 0 Å². The zero-order valence-corrected chi connectivity index (χ0v) is 27.6. The Bertz CT molecular complexity index is 1510. The van der Waals surface area contributed by atoms with Crippen LogP contribution in [0.1, 0.15) is 66.5 Å². The quantitative estimate of drug-likeness (QED) is 0.257. The number of nitrogen functional groups attached to an aromatic ring is 2. The van der Waals surface area contributed by atoms with Gasteiger partial charge in [-0.3, -0.25) is 0 Å². The summed E-state index contributed by atoms with van der Waals surface area (Å²) < 4.78 is 12.7. The first-order valence-electron chi connectivity index (χ1n) is 15.7. The first-order valence-corrected chi connectivity index (χ1v) is 15.7. The summed E-state index contributed by atoms with van der Waals surface area (Å²) in [6, 6.07) is 24.5. The molecule has 2 unspecified atom stereocenters. The maximum absolute atomic E-state index is 6.36. The molecule has 0 bridgehead atoms. The number of ether oxygens (including phenoxy) is 2. The lowest BCUT2D eigenvalue weighted by Crippen LogP contribution is -2.31. The molecule has 0 aliphatic heterocycles. The van der Waals surface area contributed by atoms with Gasteiger partial charge in [-0.05, 0) is 145 Å². The monoisotopic (exact) mass is 588 g/mol. The summed E-state index contributed by atoms with van der Waals surface area (Å²) >= 11 is 0. The summed E-state index contributed by atoms with van der Waals surface area (Å²) in [4.78, 5) is 0. The number of rotatable bonds is 8. The van der Waals surface area contributed by atoms with Crippen molar-refractivity contribution in [3.05, 3.63) is 130 Å². The second-order valence-electron chi connectivity index (χ2n) is 13.8. The van der Waals surface area contributed by atoms with Crippen molar-refractivity contribution in [2.24, 2.45) is 22.7 Å². The van der Waals surface area contributed by atoms with E-state index in [0.29, 0.717) is 11.8 Å². The molecule has 5 rings (SSSR count). The fourth-order valence-electron chi connectivity index (χ4n) is 6.47. The minimum absolute atomic E-state index is 0.0359. The van der Waals surface area contributed by atoms with E-state index >= 15 is 0 Å². The van der Waals surface area contributed by atoms with Gasteiger partial charge in [-0.2, -0.15) is 0 Å². The van der Waals surface area contributed by atoms with E-state index in [2.05, 4.69) is 91.8 Å². The Balaban J connectivity index is 1.27. The molecule has 3 aromatic carbocycles. The van der Waals surface area contributed by atoms with Crippen LogP contribution in [0.15, 0.2) is 119 Å². The first kappa shape index (κ1) is 31.3. The molecule has 0 spiro atoms. The zero-order valence-electron chi connectivity index (χ0n) is 27.6. The van der Waals surface area contributed by atoms with Crippen LogP contribution in [0.3, 0.4) is 0 Å². The van der Waals surface area contributed by atoms with Gasteiger partial charge in [0.25, 0.3) is 0 Å². The maximum Gasteiger partial charge on any atom is 0.129 e. The second-order valence-corrected chi connectivity index (χ2v) is 13.8. The SMILES string of the molecule is CC1=CC(Cc2ccc(CC3C=C(C)C(Oc4ccc(N)cc4)=C(C)C3(C)C)cc2)C(C)(C)C(C)=C1Oc1ccc(N)cc1. The molecule has 44 heavy (non-hydrogen) atoms. The molecule has 3 aromatic rings. The minimum Gasteiger partial charge on any atom is -0.457 e. The molecule has 2 aliphatic carbocycles. The highest BCUT2D eigenvalue weighted by molar-refractivity contribution is 5.47. The summed E-state index contributed by atoms with van der Waals surface area (Å²) in [5.41, 5.74) is 20.8. The number of hydrogen-bond acceptors (Lipinski definition) is 4. The number of allylic oxidation sites excluding steroid dienone is 6. The highest BCUT2D eigenvalue weighted by Gasteiger charge is 2.38. The van der Waals surface area contributed by atoms with Crippen molar-refractivity contribution < 1.29 is 9.47 Å². The minimum atomic E-state index is -0.0359. The average Bonchev–Trinajstić information content (AvgIpc) is 2.98. The summed E-state index contributed by atoms with van der Waals surface area (Å²) in [5.74, 6) is 4.32. The third-order valence-electron chi connectivity index (χ3n) is 10.2. The van der Waals surface area contributed by atoms with Gasteiger partial charge in [0.1, 0.15) is 23.0 Å². The lowest BCUT2D eigenvalue weighted by Gasteiger charge is -2.39. The second kappa shape index (κ2) is 12.1. The third-order valence-corrected chi connectivity index (χ3v) is 10.2. The lowest BCUT2D eigenvalue weighted by molar-refractivity contribution is 0.282.